The summed E-state index contributed by atoms with van der Waals surface area (Å²) in [6.45, 7) is 0. The Hall–Kier alpha value is -2.37. The first-order valence-corrected chi connectivity index (χ1v) is 4.86. The first-order chi connectivity index (χ1) is 7.99. The zero-order valence-electron chi connectivity index (χ0n) is 8.96. The first-order valence-electron chi connectivity index (χ1n) is 4.86. The number of carboxylic acids is 2. The van der Waals surface area contributed by atoms with Crippen molar-refractivity contribution in [1.82, 2.24) is 4.98 Å². The molecule has 4 N–H and O–H groups in total. The van der Waals surface area contributed by atoms with Gasteiger partial charge in [0.25, 0.3) is 0 Å². The Morgan fingerprint density at radius 2 is 2.12 bits per heavy atom. The van der Waals surface area contributed by atoms with Gasteiger partial charge in [-0.3, -0.25) is 4.79 Å². The lowest BCUT2D eigenvalue weighted by atomic mass is 10.1. The lowest BCUT2D eigenvalue weighted by molar-refractivity contribution is -0.137. The fourth-order valence-electron chi connectivity index (χ4n) is 1.24. The molecule has 1 heterocycles. The van der Waals surface area contributed by atoms with E-state index >= 15 is 0 Å². The molecule has 1 aromatic heterocycles. The van der Waals surface area contributed by atoms with E-state index < -0.39 is 11.9 Å². The van der Waals surface area contributed by atoms with E-state index in [0.29, 0.717) is 11.1 Å². The van der Waals surface area contributed by atoms with Crippen molar-refractivity contribution < 1.29 is 19.8 Å². The fourth-order valence-corrected chi connectivity index (χ4v) is 1.24. The second kappa shape index (κ2) is 5.64. The van der Waals surface area contributed by atoms with Gasteiger partial charge in [0, 0.05) is 18.7 Å². The summed E-state index contributed by atoms with van der Waals surface area (Å²) >= 11 is 0. The molecule has 1 rings (SSSR count). The molecule has 17 heavy (non-hydrogen) atoms. The number of anilines is 1. The summed E-state index contributed by atoms with van der Waals surface area (Å²) in [7, 11) is 0. The average Bonchev–Trinajstić information content (AvgIpc) is 2.26. The van der Waals surface area contributed by atoms with Gasteiger partial charge in [0.1, 0.15) is 5.82 Å². The van der Waals surface area contributed by atoms with Gasteiger partial charge >= 0.3 is 11.9 Å². The topological polar surface area (TPSA) is 114 Å². The quantitative estimate of drug-likeness (QED) is 0.651. The molecule has 0 bridgehead atoms. The smallest absolute Gasteiger partial charge is 0.328 e. The highest BCUT2D eigenvalue weighted by Crippen LogP contribution is 2.14. The van der Waals surface area contributed by atoms with Crippen LogP contribution in [-0.4, -0.2) is 27.1 Å². The third kappa shape index (κ3) is 4.33. The van der Waals surface area contributed by atoms with Crippen molar-refractivity contribution in [1.29, 1.82) is 0 Å². The second-order valence-electron chi connectivity index (χ2n) is 3.38. The van der Waals surface area contributed by atoms with Crippen molar-refractivity contribution in [2.75, 3.05) is 5.73 Å². The number of carboxylic acid groups (broad SMARTS) is 2. The summed E-state index contributed by atoms with van der Waals surface area (Å²) in [6, 6.07) is 1.63. The van der Waals surface area contributed by atoms with Gasteiger partial charge in [-0.2, -0.15) is 0 Å². The molecule has 0 amide bonds. The number of aliphatic carboxylic acids is 2. The Balaban J connectivity index is 2.86. The van der Waals surface area contributed by atoms with E-state index in [0.717, 1.165) is 6.08 Å². The minimum atomic E-state index is -1.06. The molecule has 1 aromatic rings. The van der Waals surface area contributed by atoms with Crippen LogP contribution in [0.5, 0.6) is 0 Å². The van der Waals surface area contributed by atoms with E-state index in [2.05, 4.69) is 4.98 Å². The number of nitrogens with zero attached hydrogens (tertiary/aromatic N) is 1. The Labute approximate surface area is 97.4 Å². The molecular weight excluding hydrogens is 224 g/mol. The SMILES string of the molecule is Nc1ncc(C=CC(=O)O)cc1CCC(=O)O. The predicted octanol–water partition coefficient (Wildman–Crippen LogP) is 0.779. The first kappa shape index (κ1) is 12.7. The number of carbonyl (C=O) groups is 2. The monoisotopic (exact) mass is 236 g/mol. The summed E-state index contributed by atoms with van der Waals surface area (Å²) in [6.07, 6.45) is 4.01. The van der Waals surface area contributed by atoms with Crippen molar-refractivity contribution in [3.63, 3.8) is 0 Å². The lowest BCUT2D eigenvalue weighted by Gasteiger charge is -2.04. The number of aromatic nitrogens is 1. The Morgan fingerprint density at radius 1 is 1.41 bits per heavy atom. The van der Waals surface area contributed by atoms with E-state index in [1.165, 1.54) is 12.3 Å². The Morgan fingerprint density at radius 3 is 2.71 bits per heavy atom. The highest BCUT2D eigenvalue weighted by molar-refractivity contribution is 5.85. The molecule has 0 aliphatic rings. The third-order valence-electron chi connectivity index (χ3n) is 2.05. The van der Waals surface area contributed by atoms with Crippen molar-refractivity contribution in [3.8, 4) is 0 Å². The van der Waals surface area contributed by atoms with Crippen LogP contribution in [0.15, 0.2) is 18.3 Å². The normalized spacial score (nSPS) is 10.6. The summed E-state index contributed by atoms with van der Waals surface area (Å²) in [5.41, 5.74) is 6.76. The van der Waals surface area contributed by atoms with Crippen LogP contribution >= 0.6 is 0 Å². The van der Waals surface area contributed by atoms with Crippen LogP contribution in [0.25, 0.3) is 6.08 Å². The molecule has 0 atom stereocenters. The zero-order chi connectivity index (χ0) is 12.8. The molecule has 0 saturated carbocycles. The summed E-state index contributed by atoms with van der Waals surface area (Å²) in [5, 5.41) is 17.0. The number of rotatable bonds is 5. The maximum absolute atomic E-state index is 10.4. The number of aryl methyl sites for hydroxylation is 1. The predicted molar refractivity (Wildman–Crippen MR) is 61.3 cm³/mol. The second-order valence-corrected chi connectivity index (χ2v) is 3.38. The van der Waals surface area contributed by atoms with Crippen molar-refractivity contribution in [2.45, 2.75) is 12.8 Å². The number of hydrogen-bond acceptors (Lipinski definition) is 4. The molecule has 0 aliphatic heterocycles. The highest BCUT2D eigenvalue weighted by atomic mass is 16.4. The molecule has 0 fully saturated rings. The van der Waals surface area contributed by atoms with Gasteiger partial charge in [0.15, 0.2) is 0 Å². The van der Waals surface area contributed by atoms with Crippen LogP contribution in [0, 0.1) is 0 Å². The minimum Gasteiger partial charge on any atom is -0.481 e. The summed E-state index contributed by atoms with van der Waals surface area (Å²) in [4.78, 5) is 24.6. The van der Waals surface area contributed by atoms with E-state index in [-0.39, 0.29) is 18.7 Å². The number of nitrogen functional groups attached to an aromatic ring is 1. The van der Waals surface area contributed by atoms with Gasteiger partial charge in [-0.05, 0) is 29.7 Å². The van der Waals surface area contributed by atoms with Gasteiger partial charge in [-0.15, -0.1) is 0 Å². The van der Waals surface area contributed by atoms with E-state index in [9.17, 15) is 9.59 Å². The van der Waals surface area contributed by atoms with E-state index in [1.807, 2.05) is 0 Å². The molecule has 0 aromatic carbocycles. The molecular formula is C11H12N2O4. The van der Waals surface area contributed by atoms with Gasteiger partial charge in [0.05, 0.1) is 0 Å². The van der Waals surface area contributed by atoms with E-state index in [1.54, 1.807) is 6.07 Å². The Kier molecular flexibility index (Phi) is 4.21. The summed E-state index contributed by atoms with van der Waals surface area (Å²) < 4.78 is 0. The summed E-state index contributed by atoms with van der Waals surface area (Å²) in [5.74, 6) is -1.72. The molecule has 0 radical (unpaired) electrons. The third-order valence-corrected chi connectivity index (χ3v) is 2.05. The Bertz CT molecular complexity index is 469. The van der Waals surface area contributed by atoms with Crippen LogP contribution in [0.3, 0.4) is 0 Å². The van der Waals surface area contributed by atoms with Crippen LogP contribution in [-0.2, 0) is 16.0 Å². The minimum absolute atomic E-state index is 0.0437. The molecule has 6 nitrogen and oxygen atoms in total. The molecule has 0 saturated heterocycles. The van der Waals surface area contributed by atoms with Crippen LogP contribution in [0.4, 0.5) is 5.82 Å². The molecule has 90 valence electrons. The van der Waals surface area contributed by atoms with E-state index in [4.69, 9.17) is 15.9 Å². The van der Waals surface area contributed by atoms with Crippen LogP contribution < -0.4 is 5.73 Å². The van der Waals surface area contributed by atoms with Crippen molar-refractivity contribution >= 4 is 23.8 Å². The number of nitrogens with two attached hydrogens (primary N) is 1. The van der Waals surface area contributed by atoms with Crippen molar-refractivity contribution in [3.05, 3.63) is 29.5 Å². The standard InChI is InChI=1S/C11H12N2O4/c12-11-8(2-4-10(16)17)5-7(6-13-11)1-3-9(14)15/h1,3,5-6H,2,4H2,(H2,12,13)(H,14,15)(H,16,17). The average molecular weight is 236 g/mol. The van der Waals surface area contributed by atoms with Crippen LogP contribution in [0.1, 0.15) is 17.5 Å². The van der Waals surface area contributed by atoms with Gasteiger partial charge in [-0.1, -0.05) is 0 Å². The molecule has 0 aliphatic carbocycles. The molecule has 0 spiro atoms. The maximum atomic E-state index is 10.4. The van der Waals surface area contributed by atoms with Gasteiger partial charge in [-0.25, -0.2) is 9.78 Å². The molecule has 6 heteroatoms. The largest absolute Gasteiger partial charge is 0.481 e. The maximum Gasteiger partial charge on any atom is 0.328 e. The fraction of sp³-hybridized carbons (Fsp3) is 0.182. The van der Waals surface area contributed by atoms with Crippen molar-refractivity contribution in [2.24, 2.45) is 0 Å². The molecule has 0 unspecified atom stereocenters. The van der Waals surface area contributed by atoms with Gasteiger partial charge in [0.2, 0.25) is 0 Å². The highest BCUT2D eigenvalue weighted by Gasteiger charge is 2.04. The van der Waals surface area contributed by atoms with Gasteiger partial charge < -0.3 is 15.9 Å². The number of pyridine rings is 1. The number of hydrogen-bond donors (Lipinski definition) is 3. The zero-order valence-corrected chi connectivity index (χ0v) is 8.96. The lowest BCUT2D eigenvalue weighted by Crippen LogP contribution is -2.02. The van der Waals surface area contributed by atoms with Crippen LogP contribution in [0.2, 0.25) is 0 Å².